The Kier molecular flexibility index (Phi) is 6.01. The van der Waals surface area contributed by atoms with Gasteiger partial charge >= 0.3 is 0 Å². The van der Waals surface area contributed by atoms with Gasteiger partial charge < -0.3 is 10.2 Å². The number of hydrogen-bond acceptors (Lipinski definition) is 4. The molecule has 0 aromatic rings. The van der Waals surface area contributed by atoms with Gasteiger partial charge in [-0.05, 0) is 45.1 Å². The van der Waals surface area contributed by atoms with Crippen LogP contribution in [0.1, 0.15) is 38.5 Å². The minimum absolute atomic E-state index is 0.0993. The largest absolute Gasteiger partial charge is 0.339 e. The molecule has 2 atom stereocenters. The van der Waals surface area contributed by atoms with E-state index < -0.39 is 10.0 Å². The molecule has 122 valence electrons. The zero-order valence-electron chi connectivity index (χ0n) is 12.8. The smallest absolute Gasteiger partial charge is 0.227 e. The molecule has 2 heterocycles. The number of carbonyl (C=O) groups is 1. The lowest BCUT2D eigenvalue weighted by atomic mass is 9.93. The minimum Gasteiger partial charge on any atom is -0.339 e. The van der Waals surface area contributed by atoms with Gasteiger partial charge in [0.15, 0.2) is 0 Å². The number of amides is 1. The van der Waals surface area contributed by atoms with Crippen LogP contribution >= 0.6 is 0 Å². The molecule has 7 heteroatoms. The van der Waals surface area contributed by atoms with E-state index in [0.717, 1.165) is 51.7 Å². The average molecular weight is 317 g/mol. The van der Waals surface area contributed by atoms with E-state index >= 15 is 0 Å². The number of likely N-dealkylation sites (tertiary alicyclic amines) is 1. The highest BCUT2D eigenvalue weighted by Gasteiger charge is 2.31. The van der Waals surface area contributed by atoms with Gasteiger partial charge in [-0.25, -0.2) is 13.1 Å². The normalized spacial score (nSPS) is 27.6. The van der Waals surface area contributed by atoms with Crippen LogP contribution in [0.3, 0.4) is 0 Å². The summed E-state index contributed by atoms with van der Waals surface area (Å²) in [5.74, 6) is 0.355. The second kappa shape index (κ2) is 7.56. The van der Waals surface area contributed by atoms with Gasteiger partial charge in [-0.1, -0.05) is 0 Å². The second-order valence-corrected chi connectivity index (χ2v) is 8.01. The molecular formula is C14H27N3O3S. The number of sulfonamides is 1. The standard InChI is InChI=1S/C14H27N3O3S/c1-21(19,20)16-9-7-13-6-2-3-10-17(13)14(18)12-5-4-8-15-11-12/h12-13,15-16H,2-11H2,1H3/t12-,13?/m1/s1. The van der Waals surface area contributed by atoms with Crippen molar-refractivity contribution in [2.24, 2.45) is 5.92 Å². The predicted molar refractivity (Wildman–Crippen MR) is 82.4 cm³/mol. The second-order valence-electron chi connectivity index (χ2n) is 6.18. The first kappa shape index (κ1) is 16.7. The zero-order chi connectivity index (χ0) is 15.3. The van der Waals surface area contributed by atoms with Crippen LogP contribution in [0, 0.1) is 5.92 Å². The van der Waals surface area contributed by atoms with E-state index in [1.165, 1.54) is 6.26 Å². The van der Waals surface area contributed by atoms with Crippen molar-refractivity contribution in [1.29, 1.82) is 0 Å². The summed E-state index contributed by atoms with van der Waals surface area (Å²) < 4.78 is 24.8. The first-order valence-corrected chi connectivity index (χ1v) is 9.82. The van der Waals surface area contributed by atoms with Crippen LogP contribution < -0.4 is 10.0 Å². The van der Waals surface area contributed by atoms with Gasteiger partial charge in [0.2, 0.25) is 15.9 Å². The fraction of sp³-hybridized carbons (Fsp3) is 0.929. The van der Waals surface area contributed by atoms with Crippen molar-refractivity contribution in [3.8, 4) is 0 Å². The van der Waals surface area contributed by atoms with Crippen molar-refractivity contribution >= 4 is 15.9 Å². The Labute approximate surface area is 127 Å². The Balaban J connectivity index is 1.89. The summed E-state index contributed by atoms with van der Waals surface area (Å²) in [6.45, 7) is 3.02. The van der Waals surface area contributed by atoms with E-state index in [2.05, 4.69) is 10.0 Å². The van der Waals surface area contributed by atoms with Crippen molar-refractivity contribution in [2.45, 2.75) is 44.6 Å². The maximum Gasteiger partial charge on any atom is 0.227 e. The third-order valence-corrected chi connectivity index (χ3v) is 5.13. The van der Waals surface area contributed by atoms with Crippen LogP contribution in [0.15, 0.2) is 0 Å². The summed E-state index contributed by atoms with van der Waals surface area (Å²) in [6, 6.07) is 0.183. The quantitative estimate of drug-likeness (QED) is 0.765. The molecule has 2 N–H and O–H groups in total. The maximum absolute atomic E-state index is 12.7. The Hall–Kier alpha value is -0.660. The summed E-state index contributed by atoms with van der Waals surface area (Å²) in [7, 11) is -3.15. The Morgan fingerprint density at radius 1 is 1.29 bits per heavy atom. The van der Waals surface area contributed by atoms with E-state index in [4.69, 9.17) is 0 Å². The highest BCUT2D eigenvalue weighted by molar-refractivity contribution is 7.88. The van der Waals surface area contributed by atoms with E-state index in [1.807, 2.05) is 4.90 Å². The lowest BCUT2D eigenvalue weighted by Crippen LogP contribution is -2.50. The van der Waals surface area contributed by atoms with Crippen molar-refractivity contribution in [1.82, 2.24) is 14.9 Å². The fourth-order valence-corrected chi connectivity index (χ4v) is 3.79. The molecule has 6 nitrogen and oxygen atoms in total. The molecule has 1 unspecified atom stereocenters. The van der Waals surface area contributed by atoms with Crippen molar-refractivity contribution in [3.05, 3.63) is 0 Å². The molecule has 2 aliphatic rings. The van der Waals surface area contributed by atoms with Gasteiger partial charge in [-0.3, -0.25) is 4.79 Å². The summed E-state index contributed by atoms with van der Waals surface area (Å²) >= 11 is 0. The molecule has 2 fully saturated rings. The first-order valence-electron chi connectivity index (χ1n) is 7.93. The molecule has 0 spiro atoms. The topological polar surface area (TPSA) is 78.5 Å². The van der Waals surface area contributed by atoms with E-state index in [0.29, 0.717) is 13.0 Å². The monoisotopic (exact) mass is 317 g/mol. The summed E-state index contributed by atoms with van der Waals surface area (Å²) in [5, 5.41) is 3.29. The minimum atomic E-state index is -3.15. The van der Waals surface area contributed by atoms with E-state index in [-0.39, 0.29) is 17.9 Å². The fourth-order valence-electron chi connectivity index (χ4n) is 3.30. The average Bonchev–Trinajstić information content (AvgIpc) is 2.47. The molecule has 0 aliphatic carbocycles. The molecule has 1 amide bonds. The van der Waals surface area contributed by atoms with Crippen LogP contribution in [-0.2, 0) is 14.8 Å². The van der Waals surface area contributed by atoms with Crippen LogP contribution in [0.5, 0.6) is 0 Å². The molecule has 2 saturated heterocycles. The van der Waals surface area contributed by atoms with Gasteiger partial charge in [0.05, 0.1) is 12.2 Å². The predicted octanol–water partition coefficient (Wildman–Crippen LogP) is 0.306. The first-order chi connectivity index (χ1) is 9.97. The molecule has 2 aliphatic heterocycles. The third kappa shape index (κ3) is 5.23. The molecule has 2 rings (SSSR count). The van der Waals surface area contributed by atoms with Crippen LogP contribution in [0.2, 0.25) is 0 Å². The van der Waals surface area contributed by atoms with Gasteiger partial charge in [0.1, 0.15) is 0 Å². The number of carbonyl (C=O) groups excluding carboxylic acids is 1. The van der Waals surface area contributed by atoms with Crippen LogP contribution in [-0.4, -0.2) is 57.7 Å². The number of rotatable bonds is 5. The lowest BCUT2D eigenvalue weighted by Gasteiger charge is -2.39. The third-order valence-electron chi connectivity index (χ3n) is 4.40. The van der Waals surface area contributed by atoms with Gasteiger partial charge in [-0.15, -0.1) is 0 Å². The number of hydrogen-bond donors (Lipinski definition) is 2. The summed E-state index contributed by atoms with van der Waals surface area (Å²) in [4.78, 5) is 14.7. The molecule has 0 aromatic heterocycles. The van der Waals surface area contributed by atoms with Crippen molar-refractivity contribution < 1.29 is 13.2 Å². The van der Waals surface area contributed by atoms with Crippen molar-refractivity contribution in [3.63, 3.8) is 0 Å². The highest BCUT2D eigenvalue weighted by Crippen LogP contribution is 2.23. The zero-order valence-corrected chi connectivity index (χ0v) is 13.6. The SMILES string of the molecule is CS(=O)(=O)NCCC1CCCCN1C(=O)[C@@H]1CCCNC1. The van der Waals surface area contributed by atoms with Crippen LogP contribution in [0.25, 0.3) is 0 Å². The molecule has 0 bridgehead atoms. The van der Waals surface area contributed by atoms with Gasteiger partial charge in [-0.2, -0.15) is 0 Å². The van der Waals surface area contributed by atoms with Crippen LogP contribution in [0.4, 0.5) is 0 Å². The summed E-state index contributed by atoms with van der Waals surface area (Å²) in [6.07, 6.45) is 7.07. The number of piperidine rings is 2. The lowest BCUT2D eigenvalue weighted by molar-refractivity contribution is -0.140. The molecular weight excluding hydrogens is 290 g/mol. The highest BCUT2D eigenvalue weighted by atomic mass is 32.2. The molecule has 21 heavy (non-hydrogen) atoms. The Morgan fingerprint density at radius 3 is 2.76 bits per heavy atom. The van der Waals surface area contributed by atoms with Gasteiger partial charge in [0, 0.05) is 25.7 Å². The Bertz CT molecular complexity index is 446. The molecule has 0 radical (unpaired) electrons. The number of nitrogens with zero attached hydrogens (tertiary/aromatic N) is 1. The number of nitrogens with one attached hydrogen (secondary N) is 2. The van der Waals surface area contributed by atoms with Crippen molar-refractivity contribution in [2.75, 3.05) is 32.4 Å². The Morgan fingerprint density at radius 2 is 2.10 bits per heavy atom. The molecule has 0 aromatic carbocycles. The van der Waals surface area contributed by atoms with Gasteiger partial charge in [0.25, 0.3) is 0 Å². The maximum atomic E-state index is 12.7. The summed E-state index contributed by atoms with van der Waals surface area (Å²) in [5.41, 5.74) is 0. The molecule has 0 saturated carbocycles. The van der Waals surface area contributed by atoms with E-state index in [9.17, 15) is 13.2 Å². The van der Waals surface area contributed by atoms with E-state index in [1.54, 1.807) is 0 Å².